The highest BCUT2D eigenvalue weighted by Crippen LogP contribution is 2.27. The summed E-state index contributed by atoms with van der Waals surface area (Å²) < 4.78 is 6.45. The van der Waals surface area contributed by atoms with Crippen molar-refractivity contribution in [2.45, 2.75) is 13.8 Å². The van der Waals surface area contributed by atoms with Gasteiger partial charge in [0.2, 0.25) is 0 Å². The van der Waals surface area contributed by atoms with Crippen molar-refractivity contribution in [1.82, 2.24) is 0 Å². The van der Waals surface area contributed by atoms with Crippen LogP contribution in [0.5, 0.6) is 5.75 Å². The van der Waals surface area contributed by atoms with Gasteiger partial charge in [0.1, 0.15) is 12.4 Å². The summed E-state index contributed by atoms with van der Waals surface area (Å²) in [5, 5.41) is 11.2. The molecule has 0 atom stereocenters. The molecule has 1 rings (SSSR count). The number of halogens is 1. The van der Waals surface area contributed by atoms with E-state index in [0.29, 0.717) is 0 Å². The maximum Gasteiger partial charge on any atom is 0.177 e. The quantitative estimate of drug-likeness (QED) is 0.384. The van der Waals surface area contributed by atoms with Crippen LogP contribution in [0.2, 0.25) is 0 Å². The zero-order chi connectivity index (χ0) is 11.4. The number of benzene rings is 1. The molecule has 4 nitrogen and oxygen atoms in total. The topological polar surface area (TPSA) is 67.8 Å². The summed E-state index contributed by atoms with van der Waals surface area (Å²) in [6.07, 6.45) is 0. The molecule has 15 heavy (non-hydrogen) atoms. The van der Waals surface area contributed by atoms with Gasteiger partial charge in [0.25, 0.3) is 0 Å². The van der Waals surface area contributed by atoms with E-state index in [1.165, 1.54) is 0 Å². The van der Waals surface area contributed by atoms with Crippen LogP contribution in [0.1, 0.15) is 11.1 Å². The predicted octanol–water partition coefficient (Wildman–Crippen LogP) is 2.19. The standard InChI is InChI=1S/C10H13BrN2O2/c1-6-3-8(11)4-7(2)10(6)15-5-9(12)13-14/h3-4,14H,5H2,1-2H3,(H2,12,13). The van der Waals surface area contributed by atoms with Crippen LogP contribution in [0.25, 0.3) is 0 Å². The van der Waals surface area contributed by atoms with Crippen molar-refractivity contribution >= 4 is 21.8 Å². The highest BCUT2D eigenvalue weighted by molar-refractivity contribution is 9.10. The number of hydrogen-bond donors (Lipinski definition) is 2. The molecule has 0 saturated heterocycles. The molecule has 0 unspecified atom stereocenters. The van der Waals surface area contributed by atoms with Crippen molar-refractivity contribution < 1.29 is 9.94 Å². The second-order valence-electron chi connectivity index (χ2n) is 3.25. The molecule has 0 saturated carbocycles. The Hall–Kier alpha value is -1.23. The van der Waals surface area contributed by atoms with Crippen molar-refractivity contribution in [2.75, 3.05) is 6.61 Å². The van der Waals surface area contributed by atoms with Gasteiger partial charge >= 0.3 is 0 Å². The van der Waals surface area contributed by atoms with Gasteiger partial charge in [0.15, 0.2) is 5.84 Å². The zero-order valence-corrected chi connectivity index (χ0v) is 10.2. The van der Waals surface area contributed by atoms with Crippen molar-refractivity contribution in [2.24, 2.45) is 10.9 Å². The zero-order valence-electron chi connectivity index (χ0n) is 8.62. The van der Waals surface area contributed by atoms with E-state index in [1.807, 2.05) is 26.0 Å². The van der Waals surface area contributed by atoms with Crippen LogP contribution in [0, 0.1) is 13.8 Å². The van der Waals surface area contributed by atoms with Crippen LogP contribution in [-0.4, -0.2) is 17.6 Å². The molecule has 0 aliphatic carbocycles. The number of aryl methyl sites for hydroxylation is 2. The molecule has 1 aromatic rings. The molecule has 5 heteroatoms. The van der Waals surface area contributed by atoms with E-state index in [1.54, 1.807) is 0 Å². The first-order valence-electron chi connectivity index (χ1n) is 4.40. The SMILES string of the molecule is Cc1cc(Br)cc(C)c1OC/C(N)=N/O. The minimum Gasteiger partial charge on any atom is -0.485 e. The van der Waals surface area contributed by atoms with Gasteiger partial charge in [-0.05, 0) is 37.1 Å². The van der Waals surface area contributed by atoms with Crippen molar-refractivity contribution in [3.63, 3.8) is 0 Å². The summed E-state index contributed by atoms with van der Waals surface area (Å²) >= 11 is 3.40. The highest BCUT2D eigenvalue weighted by atomic mass is 79.9. The molecule has 0 amide bonds. The molecular formula is C10H13BrN2O2. The number of ether oxygens (including phenoxy) is 1. The molecule has 0 aromatic heterocycles. The molecule has 3 N–H and O–H groups in total. The molecule has 0 spiro atoms. The number of nitrogens with two attached hydrogens (primary N) is 1. The van der Waals surface area contributed by atoms with Crippen LogP contribution in [0.4, 0.5) is 0 Å². The van der Waals surface area contributed by atoms with Crippen molar-refractivity contribution in [3.8, 4) is 5.75 Å². The monoisotopic (exact) mass is 272 g/mol. The van der Waals surface area contributed by atoms with Gasteiger partial charge in [-0.25, -0.2) is 0 Å². The summed E-state index contributed by atoms with van der Waals surface area (Å²) in [5.74, 6) is 0.821. The van der Waals surface area contributed by atoms with Crippen LogP contribution in [0.15, 0.2) is 21.8 Å². The van der Waals surface area contributed by atoms with Gasteiger partial charge < -0.3 is 15.7 Å². The molecule has 0 fully saturated rings. The summed E-state index contributed by atoms with van der Waals surface area (Å²) in [5.41, 5.74) is 7.33. The lowest BCUT2D eigenvalue weighted by atomic mass is 10.1. The highest BCUT2D eigenvalue weighted by Gasteiger charge is 2.06. The number of nitrogens with zero attached hydrogens (tertiary/aromatic N) is 1. The fourth-order valence-electron chi connectivity index (χ4n) is 1.30. The molecular weight excluding hydrogens is 260 g/mol. The smallest absolute Gasteiger partial charge is 0.177 e. The normalized spacial score (nSPS) is 11.5. The number of amidine groups is 1. The van der Waals surface area contributed by atoms with Gasteiger partial charge in [-0.1, -0.05) is 21.1 Å². The lowest BCUT2D eigenvalue weighted by Gasteiger charge is -2.11. The van der Waals surface area contributed by atoms with Crippen molar-refractivity contribution in [3.05, 3.63) is 27.7 Å². The molecule has 0 radical (unpaired) electrons. The average molecular weight is 273 g/mol. The Kier molecular flexibility index (Phi) is 3.96. The van der Waals surface area contributed by atoms with Crippen LogP contribution >= 0.6 is 15.9 Å². The van der Waals surface area contributed by atoms with E-state index >= 15 is 0 Å². The minimum absolute atomic E-state index is 0.0525. The van der Waals surface area contributed by atoms with E-state index in [2.05, 4.69) is 21.1 Å². The first-order chi connectivity index (χ1) is 7.04. The summed E-state index contributed by atoms with van der Waals surface area (Å²) in [4.78, 5) is 0. The fraction of sp³-hybridized carbons (Fsp3) is 0.300. The summed E-state index contributed by atoms with van der Waals surface area (Å²) in [6, 6.07) is 3.91. The third kappa shape index (κ3) is 3.13. The van der Waals surface area contributed by atoms with Gasteiger partial charge in [0.05, 0.1) is 0 Å². The van der Waals surface area contributed by atoms with E-state index in [-0.39, 0.29) is 12.4 Å². The lowest BCUT2D eigenvalue weighted by Crippen LogP contribution is -2.21. The second-order valence-corrected chi connectivity index (χ2v) is 4.16. The molecule has 82 valence electrons. The maximum atomic E-state index is 8.37. The number of rotatable bonds is 3. The Labute approximate surface area is 96.9 Å². The third-order valence-corrected chi connectivity index (χ3v) is 2.38. The third-order valence-electron chi connectivity index (χ3n) is 1.92. The largest absolute Gasteiger partial charge is 0.485 e. The number of oxime groups is 1. The predicted molar refractivity (Wildman–Crippen MR) is 62.5 cm³/mol. The average Bonchev–Trinajstić information content (AvgIpc) is 2.15. The summed E-state index contributed by atoms with van der Waals surface area (Å²) in [7, 11) is 0. The Morgan fingerprint density at radius 1 is 1.47 bits per heavy atom. The summed E-state index contributed by atoms with van der Waals surface area (Å²) in [6.45, 7) is 3.97. The van der Waals surface area contributed by atoms with E-state index in [0.717, 1.165) is 21.3 Å². The maximum absolute atomic E-state index is 8.37. The van der Waals surface area contributed by atoms with Crippen LogP contribution in [-0.2, 0) is 0 Å². The van der Waals surface area contributed by atoms with Gasteiger partial charge in [0, 0.05) is 4.47 Å². The molecule has 0 bridgehead atoms. The first kappa shape index (κ1) is 11.8. The molecule has 0 aliphatic heterocycles. The number of hydrogen-bond acceptors (Lipinski definition) is 3. The fourth-order valence-corrected chi connectivity index (χ4v) is 1.99. The lowest BCUT2D eigenvalue weighted by molar-refractivity contribution is 0.305. The first-order valence-corrected chi connectivity index (χ1v) is 5.20. The van der Waals surface area contributed by atoms with Crippen LogP contribution in [0.3, 0.4) is 0 Å². The van der Waals surface area contributed by atoms with E-state index in [9.17, 15) is 0 Å². The Morgan fingerprint density at radius 2 is 2.00 bits per heavy atom. The minimum atomic E-state index is 0.0525. The van der Waals surface area contributed by atoms with E-state index in [4.69, 9.17) is 15.7 Å². The van der Waals surface area contributed by atoms with Gasteiger partial charge in [-0.2, -0.15) is 0 Å². The molecule has 1 aromatic carbocycles. The molecule has 0 aliphatic rings. The van der Waals surface area contributed by atoms with Crippen LogP contribution < -0.4 is 10.5 Å². The molecule has 0 heterocycles. The van der Waals surface area contributed by atoms with E-state index < -0.39 is 0 Å². The Balaban J connectivity index is 2.86. The Bertz CT molecular complexity index is 368. The van der Waals surface area contributed by atoms with Gasteiger partial charge in [-0.15, -0.1) is 0 Å². The van der Waals surface area contributed by atoms with Crippen molar-refractivity contribution in [1.29, 1.82) is 0 Å². The van der Waals surface area contributed by atoms with Gasteiger partial charge in [-0.3, -0.25) is 0 Å². The Morgan fingerprint density at radius 3 is 2.47 bits per heavy atom. The second kappa shape index (κ2) is 5.02.